The second-order valence-corrected chi connectivity index (χ2v) is 8.06. The molecule has 0 aromatic heterocycles. The molecule has 2 N–H and O–H groups in total. The highest BCUT2D eigenvalue weighted by molar-refractivity contribution is 5.80. The van der Waals surface area contributed by atoms with E-state index in [1.807, 2.05) is 30.3 Å². The Morgan fingerprint density at radius 1 is 1.10 bits per heavy atom. The largest absolute Gasteiger partial charge is 0.496 e. The number of ether oxygens (including phenoxy) is 4. The number of benzene rings is 2. The van der Waals surface area contributed by atoms with Gasteiger partial charge in [-0.05, 0) is 26.3 Å². The minimum absolute atomic E-state index is 0.108. The van der Waals surface area contributed by atoms with Crippen molar-refractivity contribution in [2.45, 2.75) is 38.3 Å². The van der Waals surface area contributed by atoms with Crippen LogP contribution in [0, 0.1) is 0 Å². The highest BCUT2D eigenvalue weighted by Gasteiger charge is 2.33. The van der Waals surface area contributed by atoms with Crippen molar-refractivity contribution in [3.05, 3.63) is 47.5 Å². The molecule has 1 aliphatic rings. The van der Waals surface area contributed by atoms with E-state index in [4.69, 9.17) is 18.9 Å². The van der Waals surface area contributed by atoms with Crippen LogP contribution in [-0.4, -0.2) is 46.5 Å². The molecular weight excluding hydrogens is 394 g/mol. The van der Waals surface area contributed by atoms with E-state index >= 15 is 0 Å². The summed E-state index contributed by atoms with van der Waals surface area (Å²) in [7, 11) is 6.70. The number of para-hydroxylation sites is 1. The van der Waals surface area contributed by atoms with Crippen molar-refractivity contribution < 1.29 is 18.9 Å². The molecule has 168 valence electrons. The summed E-state index contributed by atoms with van der Waals surface area (Å²) in [4.78, 5) is 4.42. The maximum atomic E-state index is 6.14. The van der Waals surface area contributed by atoms with E-state index in [9.17, 15) is 0 Å². The van der Waals surface area contributed by atoms with E-state index in [-0.39, 0.29) is 11.6 Å². The summed E-state index contributed by atoms with van der Waals surface area (Å²) in [5.74, 6) is 3.83. The maximum absolute atomic E-state index is 6.14. The minimum Gasteiger partial charge on any atom is -0.496 e. The third-order valence-electron chi connectivity index (χ3n) is 5.40. The van der Waals surface area contributed by atoms with E-state index in [0.717, 1.165) is 40.8 Å². The van der Waals surface area contributed by atoms with Crippen LogP contribution >= 0.6 is 0 Å². The third kappa shape index (κ3) is 5.34. The fourth-order valence-electron chi connectivity index (χ4n) is 3.92. The zero-order chi connectivity index (χ0) is 22.4. The van der Waals surface area contributed by atoms with Crippen LogP contribution in [0.25, 0.3) is 0 Å². The van der Waals surface area contributed by atoms with Gasteiger partial charge in [-0.1, -0.05) is 18.2 Å². The third-order valence-corrected chi connectivity index (χ3v) is 5.40. The molecule has 0 radical (unpaired) electrons. The lowest BCUT2D eigenvalue weighted by Gasteiger charge is -2.38. The topological polar surface area (TPSA) is 73.3 Å². The first-order valence-corrected chi connectivity index (χ1v) is 10.4. The molecule has 3 rings (SSSR count). The van der Waals surface area contributed by atoms with Crippen LogP contribution in [0.1, 0.15) is 37.4 Å². The summed E-state index contributed by atoms with van der Waals surface area (Å²) < 4.78 is 22.6. The fraction of sp³-hybridized carbons (Fsp3) is 0.458. The molecule has 0 amide bonds. The molecule has 1 unspecified atom stereocenters. The Morgan fingerprint density at radius 2 is 1.77 bits per heavy atom. The van der Waals surface area contributed by atoms with Gasteiger partial charge in [-0.3, -0.25) is 4.99 Å². The summed E-state index contributed by atoms with van der Waals surface area (Å²) in [6.07, 6.45) is 1.54. The van der Waals surface area contributed by atoms with Gasteiger partial charge in [0, 0.05) is 43.3 Å². The molecule has 2 aromatic rings. The van der Waals surface area contributed by atoms with E-state index in [0.29, 0.717) is 18.7 Å². The molecule has 31 heavy (non-hydrogen) atoms. The average Bonchev–Trinajstić information content (AvgIpc) is 2.77. The molecule has 0 fully saturated rings. The van der Waals surface area contributed by atoms with Crippen molar-refractivity contribution in [3.8, 4) is 23.0 Å². The van der Waals surface area contributed by atoms with Gasteiger partial charge < -0.3 is 29.6 Å². The molecule has 7 nitrogen and oxygen atoms in total. The minimum atomic E-state index is -0.255. The van der Waals surface area contributed by atoms with Crippen molar-refractivity contribution >= 4 is 5.96 Å². The number of rotatable bonds is 7. The predicted octanol–water partition coefficient (Wildman–Crippen LogP) is 3.72. The smallest absolute Gasteiger partial charge is 0.191 e. The van der Waals surface area contributed by atoms with Crippen LogP contribution in [0.5, 0.6) is 23.0 Å². The molecule has 0 aliphatic carbocycles. The van der Waals surface area contributed by atoms with Gasteiger partial charge in [0.1, 0.15) is 28.6 Å². The van der Waals surface area contributed by atoms with Crippen LogP contribution in [0.15, 0.2) is 41.4 Å². The second kappa shape index (κ2) is 9.81. The summed E-state index contributed by atoms with van der Waals surface area (Å²) in [5.41, 5.74) is 1.86. The van der Waals surface area contributed by atoms with Crippen LogP contribution in [0.4, 0.5) is 0 Å². The lowest BCUT2D eigenvalue weighted by atomic mass is 9.90. The van der Waals surface area contributed by atoms with Crippen LogP contribution in [-0.2, 0) is 6.42 Å². The van der Waals surface area contributed by atoms with Gasteiger partial charge in [0.15, 0.2) is 5.96 Å². The number of nitrogens with zero attached hydrogens (tertiary/aromatic N) is 1. The normalized spacial score (nSPS) is 17.2. The molecule has 0 saturated heterocycles. The summed E-state index contributed by atoms with van der Waals surface area (Å²) >= 11 is 0. The van der Waals surface area contributed by atoms with Gasteiger partial charge >= 0.3 is 0 Å². The van der Waals surface area contributed by atoms with Gasteiger partial charge in [-0.25, -0.2) is 0 Å². The zero-order valence-corrected chi connectivity index (χ0v) is 19.2. The molecule has 0 spiro atoms. The molecule has 1 heterocycles. The Balaban J connectivity index is 1.69. The highest BCUT2D eigenvalue weighted by Crippen LogP contribution is 2.39. The van der Waals surface area contributed by atoms with E-state index in [1.165, 1.54) is 0 Å². The standard InChI is InChI=1S/C24H33N3O4/c1-24(2)15-19(17-9-7-8-10-20(17)31-24)27-23(25-3)26-12-11-18-21(29-5)13-16(28-4)14-22(18)30-6/h7-10,13-14,19H,11-12,15H2,1-6H3,(H2,25,26,27). The fourth-order valence-corrected chi connectivity index (χ4v) is 3.92. The van der Waals surface area contributed by atoms with Crippen LogP contribution in [0.3, 0.4) is 0 Å². The molecule has 0 bridgehead atoms. The van der Waals surface area contributed by atoms with Crippen LogP contribution in [0.2, 0.25) is 0 Å². The van der Waals surface area contributed by atoms with Crippen molar-refractivity contribution in [1.29, 1.82) is 0 Å². The molecule has 0 saturated carbocycles. The quantitative estimate of drug-likeness (QED) is 0.518. The summed E-state index contributed by atoms with van der Waals surface area (Å²) in [6, 6.07) is 12.0. The van der Waals surface area contributed by atoms with Crippen LogP contribution < -0.4 is 29.6 Å². The Bertz CT molecular complexity index is 902. The summed E-state index contributed by atoms with van der Waals surface area (Å²) in [6.45, 7) is 4.87. The monoisotopic (exact) mass is 427 g/mol. The van der Waals surface area contributed by atoms with E-state index in [1.54, 1.807) is 28.4 Å². The number of aliphatic imine (C=N–C) groups is 1. The average molecular weight is 428 g/mol. The molecule has 2 aromatic carbocycles. The van der Waals surface area contributed by atoms with Gasteiger partial charge in [0.25, 0.3) is 0 Å². The Labute approximate surface area is 184 Å². The first kappa shape index (κ1) is 22.6. The van der Waals surface area contributed by atoms with Crippen molar-refractivity contribution in [2.24, 2.45) is 4.99 Å². The Morgan fingerprint density at radius 3 is 2.39 bits per heavy atom. The number of methoxy groups -OCH3 is 3. The zero-order valence-electron chi connectivity index (χ0n) is 19.2. The lowest BCUT2D eigenvalue weighted by molar-refractivity contribution is 0.0694. The van der Waals surface area contributed by atoms with E-state index < -0.39 is 0 Å². The number of guanidine groups is 1. The van der Waals surface area contributed by atoms with Crippen molar-refractivity contribution in [3.63, 3.8) is 0 Å². The second-order valence-electron chi connectivity index (χ2n) is 8.06. The number of nitrogens with one attached hydrogen (secondary N) is 2. The Kier molecular flexibility index (Phi) is 7.15. The van der Waals surface area contributed by atoms with Gasteiger partial charge in [-0.2, -0.15) is 0 Å². The van der Waals surface area contributed by atoms with E-state index in [2.05, 4.69) is 35.5 Å². The number of hydrogen-bond donors (Lipinski definition) is 2. The van der Waals surface area contributed by atoms with Gasteiger partial charge in [0.05, 0.1) is 27.4 Å². The molecule has 7 heteroatoms. The first-order valence-electron chi connectivity index (χ1n) is 10.4. The predicted molar refractivity (Wildman–Crippen MR) is 123 cm³/mol. The van der Waals surface area contributed by atoms with Crippen molar-refractivity contribution in [2.75, 3.05) is 34.9 Å². The molecule has 1 aliphatic heterocycles. The highest BCUT2D eigenvalue weighted by atomic mass is 16.5. The molecular formula is C24H33N3O4. The SMILES string of the molecule is CN=C(NCCc1c(OC)cc(OC)cc1OC)NC1CC(C)(C)Oc2ccccc21. The Hall–Kier alpha value is -3.09. The number of hydrogen-bond acceptors (Lipinski definition) is 5. The first-order chi connectivity index (χ1) is 14.9. The summed E-state index contributed by atoms with van der Waals surface area (Å²) in [5, 5.41) is 6.97. The van der Waals surface area contributed by atoms with Crippen molar-refractivity contribution in [1.82, 2.24) is 10.6 Å². The maximum Gasteiger partial charge on any atom is 0.191 e. The number of fused-ring (bicyclic) bond motifs is 1. The van der Waals surface area contributed by atoms with Gasteiger partial charge in [0.2, 0.25) is 0 Å². The van der Waals surface area contributed by atoms with Gasteiger partial charge in [-0.15, -0.1) is 0 Å². The molecule has 1 atom stereocenters. The lowest BCUT2D eigenvalue weighted by Crippen LogP contribution is -2.45.